The molecular weight excluding hydrogens is 437 g/mol. The predicted octanol–water partition coefficient (Wildman–Crippen LogP) is 3.12. The van der Waals surface area contributed by atoms with E-state index >= 15 is 0 Å². The summed E-state index contributed by atoms with van der Waals surface area (Å²) >= 11 is 7.33. The summed E-state index contributed by atoms with van der Waals surface area (Å²) in [4.78, 5) is 25.9. The first-order valence-corrected chi connectivity index (χ1v) is 8.56. The Balaban J connectivity index is 2.10. The van der Waals surface area contributed by atoms with Crippen molar-refractivity contribution < 1.29 is 9.59 Å². The summed E-state index contributed by atoms with van der Waals surface area (Å²) in [5.74, 6) is -0.452. The van der Waals surface area contributed by atoms with Crippen molar-refractivity contribution in [1.82, 2.24) is 10.2 Å². The number of rotatable bonds is 3. The molecule has 0 bridgehead atoms. The lowest BCUT2D eigenvalue weighted by atomic mass is 10.1. The van der Waals surface area contributed by atoms with Gasteiger partial charge in [-0.1, -0.05) is 18.2 Å². The number of anilines is 1. The molecule has 0 fully saturated rings. The minimum Gasteiger partial charge on any atom is -0.345 e. The summed E-state index contributed by atoms with van der Waals surface area (Å²) in [6, 6.07) is 14.2. The Kier molecular flexibility index (Phi) is 6.27. The molecule has 2 aromatic carbocycles. The third-order valence-corrected chi connectivity index (χ3v) is 4.00. The van der Waals surface area contributed by atoms with Gasteiger partial charge in [0.2, 0.25) is 0 Å². The van der Waals surface area contributed by atoms with Crippen molar-refractivity contribution in [1.29, 1.82) is 0 Å². The monoisotopic (exact) mass is 453 g/mol. The Bertz CT molecular complexity index is 793. The summed E-state index contributed by atoms with van der Waals surface area (Å²) in [5, 5.41) is 5.67. The Morgan fingerprint density at radius 3 is 2.46 bits per heavy atom. The zero-order valence-corrected chi connectivity index (χ0v) is 16.1. The molecular formula is C17H16IN3O2S. The standard InChI is InChI=1S/C17H16IN3O2S/c1-21(2)16(23)13-8-3-4-9-14(13)19-17(24)20-15(22)11-6-5-7-12(18)10-11/h3-10H,1-2H3,(H2,19,20,22,24). The second-order valence-corrected chi connectivity index (χ2v) is 6.82. The lowest BCUT2D eigenvalue weighted by Gasteiger charge is -2.16. The first-order chi connectivity index (χ1) is 11.4. The van der Waals surface area contributed by atoms with Gasteiger partial charge in [0.05, 0.1) is 11.3 Å². The van der Waals surface area contributed by atoms with Crippen molar-refractivity contribution in [2.45, 2.75) is 0 Å². The number of benzene rings is 2. The van der Waals surface area contributed by atoms with E-state index in [1.807, 2.05) is 6.07 Å². The van der Waals surface area contributed by atoms with E-state index in [4.69, 9.17) is 12.2 Å². The van der Waals surface area contributed by atoms with E-state index in [-0.39, 0.29) is 16.9 Å². The molecule has 2 aromatic rings. The van der Waals surface area contributed by atoms with Gasteiger partial charge < -0.3 is 10.2 Å². The maximum absolute atomic E-state index is 12.2. The molecule has 0 aliphatic heterocycles. The average molecular weight is 453 g/mol. The van der Waals surface area contributed by atoms with E-state index in [0.717, 1.165) is 3.57 Å². The van der Waals surface area contributed by atoms with Crippen molar-refractivity contribution in [2.24, 2.45) is 0 Å². The van der Waals surface area contributed by atoms with Gasteiger partial charge in [0.25, 0.3) is 11.8 Å². The Hall–Kier alpha value is -2.00. The van der Waals surface area contributed by atoms with Gasteiger partial charge in [-0.15, -0.1) is 0 Å². The van der Waals surface area contributed by atoms with Crippen LogP contribution in [-0.2, 0) is 0 Å². The molecule has 124 valence electrons. The van der Waals surface area contributed by atoms with Crippen LogP contribution < -0.4 is 10.6 Å². The normalized spacial score (nSPS) is 9.96. The fourth-order valence-corrected chi connectivity index (χ4v) is 2.72. The smallest absolute Gasteiger partial charge is 0.257 e. The third kappa shape index (κ3) is 4.75. The van der Waals surface area contributed by atoms with Crippen LogP contribution in [-0.4, -0.2) is 35.9 Å². The number of hydrogen-bond donors (Lipinski definition) is 2. The summed E-state index contributed by atoms with van der Waals surface area (Å²) in [5.41, 5.74) is 1.54. The maximum atomic E-state index is 12.2. The van der Waals surface area contributed by atoms with Gasteiger partial charge in [0.15, 0.2) is 5.11 Å². The number of halogens is 1. The quantitative estimate of drug-likeness (QED) is 0.554. The number of nitrogens with one attached hydrogen (secondary N) is 2. The van der Waals surface area contributed by atoms with Crippen LogP contribution in [0.4, 0.5) is 5.69 Å². The number of carbonyl (C=O) groups excluding carboxylic acids is 2. The highest BCUT2D eigenvalue weighted by Crippen LogP contribution is 2.16. The number of para-hydroxylation sites is 1. The van der Waals surface area contributed by atoms with E-state index in [9.17, 15) is 9.59 Å². The van der Waals surface area contributed by atoms with Crippen molar-refractivity contribution in [2.75, 3.05) is 19.4 Å². The Morgan fingerprint density at radius 2 is 1.79 bits per heavy atom. The topological polar surface area (TPSA) is 61.4 Å². The van der Waals surface area contributed by atoms with Gasteiger partial charge in [-0.3, -0.25) is 14.9 Å². The molecule has 0 atom stereocenters. The highest BCUT2D eigenvalue weighted by atomic mass is 127. The molecule has 5 nitrogen and oxygen atoms in total. The van der Waals surface area contributed by atoms with Crippen LogP contribution in [0.1, 0.15) is 20.7 Å². The lowest BCUT2D eigenvalue weighted by molar-refractivity contribution is 0.0828. The molecule has 0 heterocycles. The van der Waals surface area contributed by atoms with E-state index < -0.39 is 0 Å². The minimum atomic E-state index is -0.303. The number of nitrogens with zero attached hydrogens (tertiary/aromatic N) is 1. The average Bonchev–Trinajstić information content (AvgIpc) is 2.54. The van der Waals surface area contributed by atoms with Crippen LogP contribution in [0.2, 0.25) is 0 Å². The molecule has 0 saturated carbocycles. The van der Waals surface area contributed by atoms with Gasteiger partial charge in [0.1, 0.15) is 0 Å². The molecule has 2 amide bonds. The zero-order valence-electron chi connectivity index (χ0n) is 13.2. The fourth-order valence-electron chi connectivity index (χ4n) is 1.98. The van der Waals surface area contributed by atoms with Crippen molar-refractivity contribution >= 4 is 57.4 Å². The minimum absolute atomic E-state index is 0.137. The van der Waals surface area contributed by atoms with E-state index in [2.05, 4.69) is 33.2 Å². The first-order valence-electron chi connectivity index (χ1n) is 7.07. The van der Waals surface area contributed by atoms with Gasteiger partial charge in [-0.05, 0) is 65.1 Å². The highest BCUT2D eigenvalue weighted by Gasteiger charge is 2.14. The molecule has 0 aromatic heterocycles. The van der Waals surface area contributed by atoms with E-state index in [0.29, 0.717) is 16.8 Å². The van der Waals surface area contributed by atoms with Crippen molar-refractivity contribution in [3.8, 4) is 0 Å². The summed E-state index contributed by atoms with van der Waals surface area (Å²) in [7, 11) is 3.35. The van der Waals surface area contributed by atoms with Crippen LogP contribution >= 0.6 is 34.8 Å². The highest BCUT2D eigenvalue weighted by molar-refractivity contribution is 14.1. The largest absolute Gasteiger partial charge is 0.345 e. The number of amides is 2. The van der Waals surface area contributed by atoms with Gasteiger partial charge in [-0.25, -0.2) is 0 Å². The maximum Gasteiger partial charge on any atom is 0.257 e. The van der Waals surface area contributed by atoms with Crippen LogP contribution in [0.15, 0.2) is 48.5 Å². The molecule has 2 rings (SSSR count). The molecule has 0 radical (unpaired) electrons. The SMILES string of the molecule is CN(C)C(=O)c1ccccc1NC(=S)NC(=O)c1cccc(I)c1. The molecule has 7 heteroatoms. The van der Waals surface area contributed by atoms with Crippen LogP contribution in [0, 0.1) is 3.57 Å². The third-order valence-electron chi connectivity index (χ3n) is 3.13. The predicted molar refractivity (Wildman–Crippen MR) is 107 cm³/mol. The van der Waals surface area contributed by atoms with Crippen LogP contribution in [0.3, 0.4) is 0 Å². The lowest BCUT2D eigenvalue weighted by Crippen LogP contribution is -2.35. The zero-order chi connectivity index (χ0) is 17.7. The van der Waals surface area contributed by atoms with Crippen molar-refractivity contribution in [3.63, 3.8) is 0 Å². The van der Waals surface area contributed by atoms with Gasteiger partial charge in [-0.2, -0.15) is 0 Å². The Morgan fingerprint density at radius 1 is 1.08 bits per heavy atom. The summed E-state index contributed by atoms with van der Waals surface area (Å²) in [6.07, 6.45) is 0. The second kappa shape index (κ2) is 8.20. The summed E-state index contributed by atoms with van der Waals surface area (Å²) in [6.45, 7) is 0. The van der Waals surface area contributed by atoms with Gasteiger partial charge >= 0.3 is 0 Å². The summed E-state index contributed by atoms with van der Waals surface area (Å²) < 4.78 is 0.959. The number of carbonyl (C=O) groups is 2. The van der Waals surface area contributed by atoms with Crippen LogP contribution in [0.25, 0.3) is 0 Å². The fraction of sp³-hybridized carbons (Fsp3) is 0.118. The molecule has 0 unspecified atom stereocenters. The van der Waals surface area contributed by atoms with Crippen molar-refractivity contribution in [3.05, 3.63) is 63.2 Å². The molecule has 2 N–H and O–H groups in total. The number of hydrogen-bond acceptors (Lipinski definition) is 3. The number of thiocarbonyl (C=S) groups is 1. The van der Waals surface area contributed by atoms with Crippen LogP contribution in [0.5, 0.6) is 0 Å². The van der Waals surface area contributed by atoms with E-state index in [1.54, 1.807) is 56.6 Å². The molecule has 0 aliphatic rings. The second-order valence-electron chi connectivity index (χ2n) is 5.16. The molecule has 0 aliphatic carbocycles. The molecule has 0 spiro atoms. The molecule has 0 saturated heterocycles. The first kappa shape index (κ1) is 18.3. The molecule has 24 heavy (non-hydrogen) atoms. The van der Waals surface area contributed by atoms with Gasteiger partial charge in [0, 0.05) is 23.2 Å². The van der Waals surface area contributed by atoms with E-state index in [1.165, 1.54) is 4.90 Å². The Labute approximate surface area is 159 Å².